The fourth-order valence-corrected chi connectivity index (χ4v) is 2.55. The lowest BCUT2D eigenvalue weighted by Crippen LogP contribution is -2.07. The van der Waals surface area contributed by atoms with Crippen LogP contribution in [0.4, 0.5) is 5.69 Å². The van der Waals surface area contributed by atoms with Gasteiger partial charge in [0.05, 0.1) is 11.9 Å². The number of amides is 1. The number of imidazole rings is 1. The Bertz CT molecular complexity index is 653. The van der Waals surface area contributed by atoms with E-state index in [1.54, 1.807) is 6.08 Å². The number of anilines is 1. The molecule has 0 saturated heterocycles. The van der Waals surface area contributed by atoms with E-state index >= 15 is 0 Å². The molecule has 1 amide bonds. The number of hydrogen-bond donors (Lipinski definition) is 1. The summed E-state index contributed by atoms with van der Waals surface area (Å²) < 4.78 is 2.27. The van der Waals surface area contributed by atoms with E-state index in [1.807, 2.05) is 37.4 Å². The summed E-state index contributed by atoms with van der Waals surface area (Å²) in [4.78, 5) is 15.9. The van der Waals surface area contributed by atoms with Crippen LogP contribution in [-0.4, -0.2) is 15.5 Å². The van der Waals surface area contributed by atoms with Crippen molar-refractivity contribution in [3.63, 3.8) is 0 Å². The fourth-order valence-electron chi connectivity index (χ4n) is 2.55. The molecule has 1 aliphatic rings. The topological polar surface area (TPSA) is 46.9 Å². The molecular weight excluding hydrogens is 250 g/mol. The van der Waals surface area contributed by atoms with E-state index < -0.39 is 0 Å². The van der Waals surface area contributed by atoms with Crippen LogP contribution in [0.5, 0.6) is 0 Å². The highest BCUT2D eigenvalue weighted by atomic mass is 16.1. The molecular formula is C16H17N3O. The van der Waals surface area contributed by atoms with Crippen molar-refractivity contribution in [2.75, 3.05) is 5.32 Å². The number of hydrogen-bond acceptors (Lipinski definition) is 2. The first-order valence-corrected chi connectivity index (χ1v) is 6.86. The highest BCUT2D eigenvalue weighted by Crippen LogP contribution is 2.26. The summed E-state index contributed by atoms with van der Waals surface area (Å²) in [6.45, 7) is 2.87. The van der Waals surface area contributed by atoms with Gasteiger partial charge in [-0.2, -0.15) is 0 Å². The average molecular weight is 267 g/mol. The van der Waals surface area contributed by atoms with Crippen LogP contribution in [0.25, 0.3) is 11.3 Å². The molecule has 2 heterocycles. The Morgan fingerprint density at radius 2 is 2.15 bits per heavy atom. The summed E-state index contributed by atoms with van der Waals surface area (Å²) in [5.41, 5.74) is 3.09. The number of aromatic nitrogens is 2. The standard InChI is InChI=1S/C16H17N3O/c1-2-4-16(20)18-13-8-6-12(7-9-13)14-11-17-15-5-3-10-19(14)15/h2,4,6-9,11H,3,5,10H2,1H3,(H,18,20)/b4-2+. The van der Waals surface area contributed by atoms with Gasteiger partial charge in [-0.3, -0.25) is 4.79 Å². The molecule has 1 N–H and O–H groups in total. The molecule has 0 radical (unpaired) electrons. The van der Waals surface area contributed by atoms with E-state index in [1.165, 1.54) is 18.3 Å². The highest BCUT2D eigenvalue weighted by Gasteiger charge is 2.16. The number of carbonyl (C=O) groups is 1. The van der Waals surface area contributed by atoms with E-state index in [0.29, 0.717) is 0 Å². The number of carbonyl (C=O) groups excluding carboxylic acids is 1. The Labute approximate surface area is 118 Å². The number of aryl methyl sites for hydroxylation is 1. The molecule has 2 aromatic rings. The summed E-state index contributed by atoms with van der Waals surface area (Å²) in [5.74, 6) is 1.07. The zero-order valence-electron chi connectivity index (χ0n) is 11.5. The zero-order valence-corrected chi connectivity index (χ0v) is 11.5. The molecule has 4 nitrogen and oxygen atoms in total. The zero-order chi connectivity index (χ0) is 13.9. The summed E-state index contributed by atoms with van der Waals surface area (Å²) in [6, 6.07) is 7.89. The summed E-state index contributed by atoms with van der Waals surface area (Å²) in [5, 5.41) is 2.82. The van der Waals surface area contributed by atoms with Gasteiger partial charge in [-0.25, -0.2) is 4.98 Å². The molecule has 0 bridgehead atoms. The van der Waals surface area contributed by atoms with Gasteiger partial charge in [0.15, 0.2) is 0 Å². The van der Waals surface area contributed by atoms with E-state index in [2.05, 4.69) is 14.9 Å². The SMILES string of the molecule is C/C=C/C(=O)Nc1ccc(-c2cnc3n2CCC3)cc1. The summed E-state index contributed by atoms with van der Waals surface area (Å²) in [7, 11) is 0. The van der Waals surface area contributed by atoms with Crippen molar-refractivity contribution in [3.05, 3.63) is 48.4 Å². The first kappa shape index (κ1) is 12.7. The highest BCUT2D eigenvalue weighted by molar-refractivity contribution is 5.99. The number of nitrogens with zero attached hydrogens (tertiary/aromatic N) is 2. The van der Waals surface area contributed by atoms with E-state index in [0.717, 1.165) is 29.9 Å². The Morgan fingerprint density at radius 3 is 2.90 bits per heavy atom. The number of allylic oxidation sites excluding steroid dienone is 1. The smallest absolute Gasteiger partial charge is 0.248 e. The van der Waals surface area contributed by atoms with Crippen molar-refractivity contribution in [2.24, 2.45) is 0 Å². The first-order chi connectivity index (χ1) is 9.78. The van der Waals surface area contributed by atoms with Gasteiger partial charge in [-0.05, 0) is 37.1 Å². The second-order valence-corrected chi connectivity index (χ2v) is 4.88. The average Bonchev–Trinajstić information content (AvgIpc) is 3.02. The largest absolute Gasteiger partial charge is 0.328 e. The molecule has 1 aromatic heterocycles. The van der Waals surface area contributed by atoms with Crippen molar-refractivity contribution in [2.45, 2.75) is 26.3 Å². The monoisotopic (exact) mass is 267 g/mol. The van der Waals surface area contributed by atoms with E-state index in [4.69, 9.17) is 0 Å². The van der Waals surface area contributed by atoms with Crippen molar-refractivity contribution in [3.8, 4) is 11.3 Å². The van der Waals surface area contributed by atoms with Gasteiger partial charge in [0, 0.05) is 18.7 Å². The lowest BCUT2D eigenvalue weighted by molar-refractivity contribution is -0.111. The third kappa shape index (κ3) is 2.37. The van der Waals surface area contributed by atoms with Gasteiger partial charge < -0.3 is 9.88 Å². The lowest BCUT2D eigenvalue weighted by atomic mass is 10.1. The molecule has 0 spiro atoms. The molecule has 1 aliphatic heterocycles. The van der Waals surface area contributed by atoms with Gasteiger partial charge in [0.2, 0.25) is 5.91 Å². The minimum absolute atomic E-state index is 0.106. The quantitative estimate of drug-likeness (QED) is 0.869. The van der Waals surface area contributed by atoms with Crippen LogP contribution in [0.1, 0.15) is 19.2 Å². The van der Waals surface area contributed by atoms with Gasteiger partial charge in [0.1, 0.15) is 5.82 Å². The van der Waals surface area contributed by atoms with E-state index in [-0.39, 0.29) is 5.91 Å². The van der Waals surface area contributed by atoms with Crippen LogP contribution in [-0.2, 0) is 17.8 Å². The van der Waals surface area contributed by atoms with Gasteiger partial charge >= 0.3 is 0 Å². The minimum atomic E-state index is -0.106. The molecule has 102 valence electrons. The molecule has 0 aliphatic carbocycles. The van der Waals surface area contributed by atoms with Crippen molar-refractivity contribution in [1.29, 1.82) is 0 Å². The molecule has 0 fully saturated rings. The second kappa shape index (κ2) is 5.33. The van der Waals surface area contributed by atoms with E-state index in [9.17, 15) is 4.79 Å². The maximum absolute atomic E-state index is 11.5. The first-order valence-electron chi connectivity index (χ1n) is 6.86. The van der Waals surface area contributed by atoms with Gasteiger partial charge in [0.25, 0.3) is 0 Å². The third-order valence-electron chi connectivity index (χ3n) is 3.49. The van der Waals surface area contributed by atoms with Crippen LogP contribution in [0.3, 0.4) is 0 Å². The molecule has 0 saturated carbocycles. The third-order valence-corrected chi connectivity index (χ3v) is 3.49. The van der Waals surface area contributed by atoms with Gasteiger partial charge in [-0.1, -0.05) is 18.2 Å². The number of rotatable bonds is 3. The Hall–Kier alpha value is -2.36. The molecule has 4 heteroatoms. The van der Waals surface area contributed by atoms with Crippen molar-refractivity contribution < 1.29 is 4.79 Å². The van der Waals surface area contributed by atoms with Crippen LogP contribution >= 0.6 is 0 Å². The molecule has 1 aromatic carbocycles. The predicted molar refractivity (Wildman–Crippen MR) is 79.4 cm³/mol. The molecule has 0 unspecified atom stereocenters. The maximum Gasteiger partial charge on any atom is 0.248 e. The Balaban J connectivity index is 1.81. The number of benzene rings is 1. The minimum Gasteiger partial charge on any atom is -0.328 e. The van der Waals surface area contributed by atoms with Crippen LogP contribution in [0, 0.1) is 0 Å². The normalized spacial score (nSPS) is 13.7. The number of fused-ring (bicyclic) bond motifs is 1. The van der Waals surface area contributed by atoms with Crippen LogP contribution in [0.15, 0.2) is 42.6 Å². The summed E-state index contributed by atoms with van der Waals surface area (Å²) in [6.07, 6.45) is 7.41. The Kier molecular flexibility index (Phi) is 3.37. The molecule has 3 rings (SSSR count). The molecule has 0 atom stereocenters. The second-order valence-electron chi connectivity index (χ2n) is 4.88. The summed E-state index contributed by atoms with van der Waals surface area (Å²) >= 11 is 0. The fraction of sp³-hybridized carbons (Fsp3) is 0.250. The number of nitrogens with one attached hydrogen (secondary N) is 1. The van der Waals surface area contributed by atoms with Crippen LogP contribution in [0.2, 0.25) is 0 Å². The van der Waals surface area contributed by atoms with Gasteiger partial charge in [-0.15, -0.1) is 0 Å². The molecule has 20 heavy (non-hydrogen) atoms. The van der Waals surface area contributed by atoms with Crippen LogP contribution < -0.4 is 5.32 Å². The Morgan fingerprint density at radius 1 is 1.35 bits per heavy atom. The van der Waals surface area contributed by atoms with Crippen molar-refractivity contribution >= 4 is 11.6 Å². The lowest BCUT2D eigenvalue weighted by Gasteiger charge is -2.07. The maximum atomic E-state index is 11.5. The van der Waals surface area contributed by atoms with Crippen molar-refractivity contribution in [1.82, 2.24) is 9.55 Å². The predicted octanol–water partition coefficient (Wildman–Crippen LogP) is 3.01.